The first-order valence-electron chi connectivity index (χ1n) is 5.37. The number of alkyl halides is 1. The fraction of sp³-hybridized carbons (Fsp3) is 0.308. The minimum Gasteiger partial charge on any atom is -0.487 e. The van der Waals surface area contributed by atoms with Crippen LogP contribution in [-0.4, -0.2) is 4.98 Å². The Kier molecular flexibility index (Phi) is 4.02. The van der Waals surface area contributed by atoms with Crippen molar-refractivity contribution in [2.24, 2.45) is 0 Å². The summed E-state index contributed by atoms with van der Waals surface area (Å²) in [4.78, 5) is 5.16. The first kappa shape index (κ1) is 12.4. The molecular formula is C13H14ClNOS. The standard InChI is InChI=1S/C13H14ClNOS/c1-9-3-11(5-14)4-10(2)13(9)16-7-12-6-15-8-17-12/h3-4,6,8H,5,7H2,1-2H3. The lowest BCUT2D eigenvalue weighted by atomic mass is 10.1. The molecule has 17 heavy (non-hydrogen) atoms. The monoisotopic (exact) mass is 267 g/mol. The van der Waals surface area contributed by atoms with E-state index in [1.807, 2.05) is 25.6 Å². The van der Waals surface area contributed by atoms with Crippen LogP contribution >= 0.6 is 22.9 Å². The van der Waals surface area contributed by atoms with E-state index in [1.165, 1.54) is 0 Å². The second-order valence-electron chi connectivity index (χ2n) is 3.95. The summed E-state index contributed by atoms with van der Waals surface area (Å²) in [7, 11) is 0. The van der Waals surface area contributed by atoms with Crippen LogP contribution in [0.5, 0.6) is 5.75 Å². The zero-order valence-electron chi connectivity index (χ0n) is 9.87. The van der Waals surface area contributed by atoms with Crippen molar-refractivity contribution in [3.8, 4) is 5.75 Å². The molecule has 2 rings (SSSR count). The van der Waals surface area contributed by atoms with E-state index < -0.39 is 0 Å². The van der Waals surface area contributed by atoms with Gasteiger partial charge in [-0.2, -0.15) is 0 Å². The van der Waals surface area contributed by atoms with E-state index in [9.17, 15) is 0 Å². The zero-order valence-corrected chi connectivity index (χ0v) is 11.4. The van der Waals surface area contributed by atoms with Gasteiger partial charge in [0.05, 0.1) is 10.4 Å². The number of thiazole rings is 1. The van der Waals surface area contributed by atoms with E-state index in [0.29, 0.717) is 12.5 Å². The summed E-state index contributed by atoms with van der Waals surface area (Å²) in [6.45, 7) is 4.67. The summed E-state index contributed by atoms with van der Waals surface area (Å²) in [5.74, 6) is 1.49. The molecule has 0 radical (unpaired) electrons. The molecule has 90 valence electrons. The van der Waals surface area contributed by atoms with Gasteiger partial charge in [0.25, 0.3) is 0 Å². The first-order valence-corrected chi connectivity index (χ1v) is 6.78. The Morgan fingerprint density at radius 3 is 2.53 bits per heavy atom. The molecule has 0 aliphatic heterocycles. The van der Waals surface area contributed by atoms with Gasteiger partial charge in [-0.15, -0.1) is 22.9 Å². The molecule has 0 atom stereocenters. The van der Waals surface area contributed by atoms with Crippen molar-refractivity contribution >= 4 is 22.9 Å². The summed E-state index contributed by atoms with van der Waals surface area (Å²) in [6.07, 6.45) is 1.84. The van der Waals surface area contributed by atoms with Gasteiger partial charge < -0.3 is 4.74 Å². The molecule has 4 heteroatoms. The van der Waals surface area contributed by atoms with Gasteiger partial charge in [-0.25, -0.2) is 0 Å². The third-order valence-electron chi connectivity index (χ3n) is 2.52. The Morgan fingerprint density at radius 2 is 2.00 bits per heavy atom. The van der Waals surface area contributed by atoms with Crippen LogP contribution in [0.15, 0.2) is 23.8 Å². The van der Waals surface area contributed by atoms with Crippen LogP contribution in [0.25, 0.3) is 0 Å². The molecular weight excluding hydrogens is 254 g/mol. The lowest BCUT2D eigenvalue weighted by Gasteiger charge is -2.12. The average Bonchev–Trinajstić information content (AvgIpc) is 2.80. The predicted octanol–water partition coefficient (Wildman–Crippen LogP) is 4.08. The lowest BCUT2D eigenvalue weighted by molar-refractivity contribution is 0.305. The molecule has 1 aromatic carbocycles. The smallest absolute Gasteiger partial charge is 0.125 e. The van der Waals surface area contributed by atoms with Gasteiger partial charge in [-0.3, -0.25) is 4.98 Å². The highest BCUT2D eigenvalue weighted by Gasteiger charge is 2.07. The largest absolute Gasteiger partial charge is 0.487 e. The molecule has 0 aliphatic rings. The van der Waals surface area contributed by atoms with Crippen molar-refractivity contribution in [1.82, 2.24) is 4.98 Å². The number of benzene rings is 1. The van der Waals surface area contributed by atoms with Gasteiger partial charge in [0, 0.05) is 12.1 Å². The van der Waals surface area contributed by atoms with E-state index in [0.717, 1.165) is 27.3 Å². The van der Waals surface area contributed by atoms with E-state index in [-0.39, 0.29) is 0 Å². The van der Waals surface area contributed by atoms with Crippen molar-refractivity contribution in [1.29, 1.82) is 0 Å². The van der Waals surface area contributed by atoms with Crippen LogP contribution in [0.4, 0.5) is 0 Å². The van der Waals surface area contributed by atoms with E-state index in [4.69, 9.17) is 16.3 Å². The summed E-state index contributed by atoms with van der Waals surface area (Å²) in [5, 5.41) is 0. The molecule has 0 amide bonds. The Labute approximate surface area is 110 Å². The molecule has 0 fully saturated rings. The fourth-order valence-electron chi connectivity index (χ4n) is 1.80. The quantitative estimate of drug-likeness (QED) is 0.779. The van der Waals surface area contributed by atoms with Gasteiger partial charge >= 0.3 is 0 Å². The van der Waals surface area contributed by atoms with Gasteiger partial charge in [0.2, 0.25) is 0 Å². The third kappa shape index (κ3) is 2.99. The van der Waals surface area contributed by atoms with Crippen LogP contribution < -0.4 is 4.74 Å². The number of hydrogen-bond acceptors (Lipinski definition) is 3. The maximum atomic E-state index is 5.84. The molecule has 0 spiro atoms. The Hall–Kier alpha value is -1.06. The predicted molar refractivity (Wildman–Crippen MR) is 71.9 cm³/mol. The molecule has 0 unspecified atom stereocenters. The highest BCUT2D eigenvalue weighted by atomic mass is 35.5. The topological polar surface area (TPSA) is 22.1 Å². The van der Waals surface area contributed by atoms with Gasteiger partial charge in [-0.05, 0) is 30.5 Å². The highest BCUT2D eigenvalue weighted by molar-refractivity contribution is 7.09. The number of ether oxygens (including phenoxy) is 1. The van der Waals surface area contributed by atoms with Crippen molar-refractivity contribution < 1.29 is 4.74 Å². The molecule has 0 bridgehead atoms. The second-order valence-corrected chi connectivity index (χ2v) is 5.19. The number of rotatable bonds is 4. The minimum absolute atomic E-state index is 0.538. The van der Waals surface area contributed by atoms with E-state index in [1.54, 1.807) is 11.3 Å². The SMILES string of the molecule is Cc1cc(CCl)cc(C)c1OCc1cncs1. The Balaban J connectivity index is 2.15. The average molecular weight is 268 g/mol. The van der Waals surface area contributed by atoms with Crippen molar-refractivity contribution in [2.75, 3.05) is 0 Å². The summed E-state index contributed by atoms with van der Waals surface area (Å²) in [6, 6.07) is 4.14. The Morgan fingerprint density at radius 1 is 1.29 bits per heavy atom. The molecule has 0 aliphatic carbocycles. The summed E-state index contributed by atoms with van der Waals surface area (Å²) < 4.78 is 5.84. The second kappa shape index (κ2) is 5.52. The number of nitrogens with zero attached hydrogens (tertiary/aromatic N) is 1. The number of aromatic nitrogens is 1. The maximum Gasteiger partial charge on any atom is 0.125 e. The van der Waals surface area contributed by atoms with E-state index >= 15 is 0 Å². The molecule has 1 aromatic heterocycles. The first-order chi connectivity index (χ1) is 8.20. The van der Waals surface area contributed by atoms with Crippen molar-refractivity contribution in [2.45, 2.75) is 26.3 Å². The van der Waals surface area contributed by atoms with E-state index in [2.05, 4.69) is 17.1 Å². The molecule has 2 nitrogen and oxygen atoms in total. The van der Waals surface area contributed by atoms with Crippen LogP contribution in [0.3, 0.4) is 0 Å². The maximum absolute atomic E-state index is 5.84. The normalized spacial score (nSPS) is 10.5. The van der Waals surface area contributed by atoms with Gasteiger partial charge in [-0.1, -0.05) is 12.1 Å². The fourth-order valence-corrected chi connectivity index (χ4v) is 2.46. The molecule has 0 N–H and O–H groups in total. The molecule has 1 heterocycles. The highest BCUT2D eigenvalue weighted by Crippen LogP contribution is 2.26. The summed E-state index contributed by atoms with van der Waals surface area (Å²) in [5.41, 5.74) is 5.21. The minimum atomic E-state index is 0.538. The third-order valence-corrected chi connectivity index (χ3v) is 3.58. The molecule has 2 aromatic rings. The van der Waals surface area contributed by atoms with Crippen LogP contribution in [0.1, 0.15) is 21.6 Å². The summed E-state index contributed by atoms with van der Waals surface area (Å²) >= 11 is 7.44. The van der Waals surface area contributed by atoms with Crippen LogP contribution in [-0.2, 0) is 12.5 Å². The van der Waals surface area contributed by atoms with Crippen LogP contribution in [0, 0.1) is 13.8 Å². The van der Waals surface area contributed by atoms with Crippen molar-refractivity contribution in [3.63, 3.8) is 0 Å². The number of aryl methyl sites for hydroxylation is 2. The molecule has 0 saturated carbocycles. The lowest BCUT2D eigenvalue weighted by Crippen LogP contribution is -1.98. The van der Waals surface area contributed by atoms with Crippen molar-refractivity contribution in [3.05, 3.63) is 45.4 Å². The Bertz CT molecular complexity index is 473. The number of halogens is 1. The van der Waals surface area contributed by atoms with Gasteiger partial charge in [0.1, 0.15) is 12.4 Å². The molecule has 0 saturated heterocycles. The zero-order chi connectivity index (χ0) is 12.3. The van der Waals surface area contributed by atoms with Gasteiger partial charge in [0.15, 0.2) is 0 Å². The number of hydrogen-bond donors (Lipinski definition) is 0. The van der Waals surface area contributed by atoms with Crippen LogP contribution in [0.2, 0.25) is 0 Å².